The van der Waals surface area contributed by atoms with Crippen molar-refractivity contribution in [1.29, 1.82) is 0 Å². The van der Waals surface area contributed by atoms with E-state index in [0.717, 1.165) is 11.4 Å². The number of carbonyl (C=O) groups excluding carboxylic acids is 1. The number of aryl methyl sites for hydroxylation is 1. The molecule has 1 saturated heterocycles. The number of ether oxygens (including phenoxy) is 1. The summed E-state index contributed by atoms with van der Waals surface area (Å²) in [5.41, 5.74) is 5.58. The zero-order valence-electron chi connectivity index (χ0n) is 19.9. The number of benzene rings is 1. The first kappa shape index (κ1) is 25.1. The number of pyridine rings is 1. The van der Waals surface area contributed by atoms with E-state index in [1.807, 2.05) is 34.6 Å². The minimum absolute atomic E-state index is 0.0150. The lowest BCUT2D eigenvalue weighted by atomic mass is 9.83. The SMILES string of the molecule is Cc1ccc(S(=O)(=O)NC(CC(C)C)(C(N)=O)c2ccc(N3C[C@@H](C)O[C@@H](C)C3)nc2)cc1. The number of sulfonamides is 1. The number of rotatable bonds is 8. The lowest BCUT2D eigenvalue weighted by Gasteiger charge is -2.37. The molecule has 3 rings (SSSR count). The molecule has 8 nitrogen and oxygen atoms in total. The van der Waals surface area contributed by atoms with Crippen LogP contribution in [-0.2, 0) is 25.1 Å². The molecule has 1 aromatic heterocycles. The molecule has 1 aromatic carbocycles. The molecular weight excluding hydrogens is 440 g/mol. The van der Waals surface area contributed by atoms with Crippen LogP contribution in [0.2, 0.25) is 0 Å². The highest BCUT2D eigenvalue weighted by Gasteiger charge is 2.43. The Labute approximate surface area is 196 Å². The minimum Gasteiger partial charge on any atom is -0.372 e. The Kier molecular flexibility index (Phi) is 7.45. The first-order chi connectivity index (χ1) is 15.4. The van der Waals surface area contributed by atoms with E-state index in [4.69, 9.17) is 10.5 Å². The molecule has 0 radical (unpaired) electrons. The van der Waals surface area contributed by atoms with Gasteiger partial charge in [-0.15, -0.1) is 0 Å². The topological polar surface area (TPSA) is 115 Å². The number of hydrogen-bond donors (Lipinski definition) is 2. The van der Waals surface area contributed by atoms with Crippen LogP contribution in [0.25, 0.3) is 0 Å². The number of anilines is 1. The summed E-state index contributed by atoms with van der Waals surface area (Å²) in [6.45, 7) is 11.1. The number of nitrogens with two attached hydrogens (primary N) is 1. The van der Waals surface area contributed by atoms with Crippen LogP contribution in [0.4, 0.5) is 5.82 Å². The fourth-order valence-corrected chi connectivity index (χ4v) is 5.69. The molecule has 2 heterocycles. The van der Waals surface area contributed by atoms with E-state index < -0.39 is 21.5 Å². The van der Waals surface area contributed by atoms with E-state index in [2.05, 4.69) is 14.6 Å². The van der Waals surface area contributed by atoms with E-state index >= 15 is 0 Å². The van der Waals surface area contributed by atoms with Crippen molar-refractivity contribution in [3.05, 3.63) is 53.7 Å². The maximum absolute atomic E-state index is 13.2. The Morgan fingerprint density at radius 1 is 1.18 bits per heavy atom. The number of nitrogens with one attached hydrogen (secondary N) is 1. The summed E-state index contributed by atoms with van der Waals surface area (Å²) in [7, 11) is -4.02. The number of aromatic nitrogens is 1. The van der Waals surface area contributed by atoms with Gasteiger partial charge >= 0.3 is 0 Å². The van der Waals surface area contributed by atoms with E-state index in [9.17, 15) is 13.2 Å². The molecule has 0 bridgehead atoms. The number of morpholine rings is 1. The van der Waals surface area contributed by atoms with Gasteiger partial charge in [0.2, 0.25) is 15.9 Å². The van der Waals surface area contributed by atoms with Crippen LogP contribution in [0, 0.1) is 12.8 Å². The predicted molar refractivity (Wildman–Crippen MR) is 128 cm³/mol. The Morgan fingerprint density at radius 2 is 1.79 bits per heavy atom. The zero-order chi connectivity index (χ0) is 24.4. The molecule has 180 valence electrons. The lowest BCUT2D eigenvalue weighted by Crippen LogP contribution is -2.55. The third-order valence-electron chi connectivity index (χ3n) is 5.76. The van der Waals surface area contributed by atoms with Gasteiger partial charge in [-0.05, 0) is 51.3 Å². The lowest BCUT2D eigenvalue weighted by molar-refractivity contribution is -0.124. The fourth-order valence-electron chi connectivity index (χ4n) is 4.32. The highest BCUT2D eigenvalue weighted by Crippen LogP contribution is 2.32. The summed E-state index contributed by atoms with van der Waals surface area (Å²) in [5.74, 6) is -0.0426. The van der Waals surface area contributed by atoms with E-state index in [-0.39, 0.29) is 29.4 Å². The average Bonchev–Trinajstić information content (AvgIpc) is 2.72. The average molecular weight is 475 g/mol. The van der Waals surface area contributed by atoms with Crippen molar-refractivity contribution in [2.75, 3.05) is 18.0 Å². The van der Waals surface area contributed by atoms with Crippen LogP contribution in [0.1, 0.15) is 45.2 Å². The summed E-state index contributed by atoms with van der Waals surface area (Å²) < 4.78 is 34.9. The molecule has 0 saturated carbocycles. The molecule has 33 heavy (non-hydrogen) atoms. The fraction of sp³-hybridized carbons (Fsp3) is 0.500. The molecule has 0 spiro atoms. The molecule has 3 N–H and O–H groups in total. The van der Waals surface area contributed by atoms with Gasteiger partial charge in [0.1, 0.15) is 11.4 Å². The third-order valence-corrected chi connectivity index (χ3v) is 7.27. The third kappa shape index (κ3) is 5.72. The van der Waals surface area contributed by atoms with E-state index in [0.29, 0.717) is 18.7 Å². The predicted octanol–water partition coefficient (Wildman–Crippen LogP) is 2.71. The second-order valence-corrected chi connectivity index (χ2v) is 11.0. The second-order valence-electron chi connectivity index (χ2n) is 9.35. The van der Waals surface area contributed by atoms with Crippen molar-refractivity contribution >= 4 is 21.7 Å². The number of hydrogen-bond acceptors (Lipinski definition) is 6. The van der Waals surface area contributed by atoms with Crippen molar-refractivity contribution in [2.24, 2.45) is 11.7 Å². The molecule has 0 aliphatic carbocycles. The normalized spacial score (nSPS) is 21.1. The Bertz CT molecular complexity index is 1060. The number of carbonyl (C=O) groups is 1. The van der Waals surface area contributed by atoms with E-state index in [1.165, 1.54) is 12.1 Å². The van der Waals surface area contributed by atoms with Crippen LogP contribution < -0.4 is 15.4 Å². The monoisotopic (exact) mass is 474 g/mol. The molecule has 1 amide bonds. The Morgan fingerprint density at radius 3 is 2.27 bits per heavy atom. The van der Waals surface area contributed by atoms with Crippen LogP contribution in [-0.4, -0.2) is 44.6 Å². The Balaban J connectivity index is 1.99. The van der Waals surface area contributed by atoms with Crippen molar-refractivity contribution < 1.29 is 17.9 Å². The number of primary amides is 1. The Hall–Kier alpha value is -2.49. The summed E-state index contributed by atoms with van der Waals surface area (Å²) >= 11 is 0. The first-order valence-corrected chi connectivity index (χ1v) is 12.7. The van der Waals surface area contributed by atoms with Gasteiger partial charge in [-0.1, -0.05) is 37.6 Å². The van der Waals surface area contributed by atoms with Gasteiger partial charge in [0, 0.05) is 24.8 Å². The zero-order valence-corrected chi connectivity index (χ0v) is 20.7. The summed E-state index contributed by atoms with van der Waals surface area (Å²) in [6.07, 6.45) is 1.88. The van der Waals surface area contributed by atoms with Gasteiger partial charge in [-0.3, -0.25) is 4.79 Å². The highest BCUT2D eigenvalue weighted by atomic mass is 32.2. The maximum atomic E-state index is 13.2. The molecule has 1 aliphatic rings. The molecule has 2 aromatic rings. The molecular formula is C24H34N4O4S. The highest BCUT2D eigenvalue weighted by molar-refractivity contribution is 7.89. The smallest absolute Gasteiger partial charge is 0.243 e. The summed E-state index contributed by atoms with van der Waals surface area (Å²) in [6, 6.07) is 9.99. The minimum atomic E-state index is -4.02. The largest absolute Gasteiger partial charge is 0.372 e. The van der Waals surface area contributed by atoms with Gasteiger partial charge in [-0.2, -0.15) is 4.72 Å². The summed E-state index contributed by atoms with van der Waals surface area (Å²) in [5, 5.41) is 0. The first-order valence-electron chi connectivity index (χ1n) is 11.2. The van der Waals surface area contributed by atoms with Crippen molar-refractivity contribution in [1.82, 2.24) is 9.71 Å². The van der Waals surface area contributed by atoms with Crippen LogP contribution in [0.15, 0.2) is 47.5 Å². The van der Waals surface area contributed by atoms with Crippen LogP contribution >= 0.6 is 0 Å². The van der Waals surface area contributed by atoms with E-state index in [1.54, 1.807) is 30.5 Å². The van der Waals surface area contributed by atoms with Gasteiger partial charge in [0.15, 0.2) is 0 Å². The van der Waals surface area contributed by atoms with Crippen molar-refractivity contribution in [2.45, 2.75) is 63.7 Å². The quantitative estimate of drug-likeness (QED) is 0.608. The van der Waals surface area contributed by atoms with Gasteiger partial charge < -0.3 is 15.4 Å². The molecule has 1 aliphatic heterocycles. The van der Waals surface area contributed by atoms with Crippen LogP contribution in [0.3, 0.4) is 0 Å². The molecule has 1 fully saturated rings. The van der Waals surface area contributed by atoms with Crippen molar-refractivity contribution in [3.63, 3.8) is 0 Å². The molecule has 9 heteroatoms. The molecule has 1 unspecified atom stereocenters. The van der Waals surface area contributed by atoms with Gasteiger partial charge in [-0.25, -0.2) is 13.4 Å². The number of nitrogens with zero attached hydrogens (tertiary/aromatic N) is 2. The van der Waals surface area contributed by atoms with Gasteiger partial charge in [0.25, 0.3) is 0 Å². The number of amides is 1. The van der Waals surface area contributed by atoms with Crippen molar-refractivity contribution in [3.8, 4) is 0 Å². The second kappa shape index (κ2) is 9.79. The van der Waals surface area contributed by atoms with Gasteiger partial charge in [0.05, 0.1) is 17.1 Å². The maximum Gasteiger partial charge on any atom is 0.243 e. The summed E-state index contributed by atoms with van der Waals surface area (Å²) in [4.78, 5) is 19.6. The standard InChI is InChI=1S/C24H34N4O4S/c1-16(2)12-24(23(25)29,27-33(30,31)21-9-6-17(3)7-10-21)20-8-11-22(26-13-20)28-14-18(4)32-19(5)15-28/h6-11,13,16,18-19,27H,12,14-15H2,1-5H3,(H2,25,29)/t18-,19+,24?. The molecule has 3 atom stereocenters. The van der Waals surface area contributed by atoms with Crippen LogP contribution in [0.5, 0.6) is 0 Å².